The Hall–Kier alpha value is -2.95. The Kier molecular flexibility index (Phi) is 5.70. The van der Waals surface area contributed by atoms with Gasteiger partial charge in [-0.1, -0.05) is 19.1 Å². The number of rotatable bonds is 5. The molecule has 2 N–H and O–H groups in total. The normalized spacial score (nSPS) is 10.2. The molecule has 0 radical (unpaired) electrons. The summed E-state index contributed by atoms with van der Waals surface area (Å²) in [6, 6.07) is 10.4. The Balaban J connectivity index is 2.25. The molecule has 25 heavy (non-hydrogen) atoms. The fourth-order valence-electron chi connectivity index (χ4n) is 2.42. The van der Waals surface area contributed by atoms with Gasteiger partial charge in [0.1, 0.15) is 0 Å². The molecule has 2 aromatic rings. The van der Waals surface area contributed by atoms with Crippen LogP contribution in [0, 0.1) is 13.8 Å². The zero-order valence-electron chi connectivity index (χ0n) is 14.9. The van der Waals surface area contributed by atoms with E-state index in [9.17, 15) is 14.4 Å². The molecule has 0 fully saturated rings. The molecule has 2 rings (SSSR count). The molecule has 0 aromatic heterocycles. The van der Waals surface area contributed by atoms with Gasteiger partial charge in [-0.15, -0.1) is 0 Å². The van der Waals surface area contributed by atoms with Gasteiger partial charge in [-0.05, 0) is 56.2 Å². The third-order valence-electron chi connectivity index (χ3n) is 3.97. The Bertz CT molecular complexity index is 841. The Morgan fingerprint density at radius 3 is 2.24 bits per heavy atom. The van der Waals surface area contributed by atoms with Crippen LogP contribution in [-0.2, 0) is 4.79 Å². The van der Waals surface area contributed by atoms with Gasteiger partial charge in [-0.2, -0.15) is 0 Å². The molecule has 0 bridgehead atoms. The van der Waals surface area contributed by atoms with Crippen molar-refractivity contribution in [1.29, 1.82) is 0 Å². The summed E-state index contributed by atoms with van der Waals surface area (Å²) in [5.74, 6) is -0.470. The third-order valence-corrected chi connectivity index (χ3v) is 3.97. The first-order chi connectivity index (χ1) is 11.8. The van der Waals surface area contributed by atoms with Crippen molar-refractivity contribution in [3.8, 4) is 0 Å². The zero-order chi connectivity index (χ0) is 18.6. The van der Waals surface area contributed by atoms with Crippen LogP contribution in [0.25, 0.3) is 0 Å². The highest BCUT2D eigenvalue weighted by Crippen LogP contribution is 2.22. The maximum absolute atomic E-state index is 12.5. The number of benzene rings is 2. The minimum Gasteiger partial charge on any atom is -0.326 e. The van der Waals surface area contributed by atoms with Crippen LogP contribution in [0.1, 0.15) is 52.1 Å². The maximum Gasteiger partial charge on any atom is 0.255 e. The highest BCUT2D eigenvalue weighted by atomic mass is 16.2. The summed E-state index contributed by atoms with van der Waals surface area (Å²) in [6.07, 6.45) is 0.382. The average molecular weight is 338 g/mol. The van der Waals surface area contributed by atoms with Gasteiger partial charge in [0, 0.05) is 28.9 Å². The Labute approximate surface area is 147 Å². The summed E-state index contributed by atoms with van der Waals surface area (Å²) in [4.78, 5) is 35.7. The number of ketones is 1. The smallest absolute Gasteiger partial charge is 0.255 e. The fourth-order valence-corrected chi connectivity index (χ4v) is 2.42. The second-order valence-electron chi connectivity index (χ2n) is 5.97. The summed E-state index contributed by atoms with van der Waals surface area (Å²) in [5, 5.41) is 5.61. The first kappa shape index (κ1) is 18.4. The van der Waals surface area contributed by atoms with E-state index in [-0.39, 0.29) is 17.6 Å². The highest BCUT2D eigenvalue weighted by Gasteiger charge is 2.12. The molecule has 0 saturated heterocycles. The molecular weight excluding hydrogens is 316 g/mol. The lowest BCUT2D eigenvalue weighted by Gasteiger charge is -2.12. The maximum atomic E-state index is 12.5. The summed E-state index contributed by atoms with van der Waals surface area (Å²) in [7, 11) is 0. The molecule has 130 valence electrons. The minimum atomic E-state index is -0.301. The van der Waals surface area contributed by atoms with Crippen molar-refractivity contribution in [2.75, 3.05) is 10.6 Å². The number of hydrogen-bond donors (Lipinski definition) is 2. The van der Waals surface area contributed by atoms with E-state index in [0.717, 1.165) is 11.1 Å². The molecule has 0 heterocycles. The topological polar surface area (TPSA) is 75.3 Å². The number of aryl methyl sites for hydroxylation is 2. The molecule has 0 aliphatic carbocycles. The molecule has 0 spiro atoms. The van der Waals surface area contributed by atoms with Crippen molar-refractivity contribution in [2.45, 2.75) is 34.1 Å². The van der Waals surface area contributed by atoms with Gasteiger partial charge in [-0.3, -0.25) is 14.4 Å². The van der Waals surface area contributed by atoms with E-state index in [1.165, 1.54) is 6.92 Å². The summed E-state index contributed by atoms with van der Waals surface area (Å²) in [6.45, 7) is 6.96. The van der Waals surface area contributed by atoms with E-state index >= 15 is 0 Å². The van der Waals surface area contributed by atoms with Crippen molar-refractivity contribution in [2.24, 2.45) is 0 Å². The molecular formula is C20H22N2O3. The van der Waals surface area contributed by atoms with Crippen LogP contribution in [0.4, 0.5) is 11.4 Å². The van der Waals surface area contributed by atoms with E-state index in [1.54, 1.807) is 37.3 Å². The largest absolute Gasteiger partial charge is 0.326 e. The number of anilines is 2. The second kappa shape index (κ2) is 7.75. The first-order valence-corrected chi connectivity index (χ1v) is 8.15. The van der Waals surface area contributed by atoms with Gasteiger partial charge in [0.05, 0.1) is 0 Å². The van der Waals surface area contributed by atoms with E-state index in [1.807, 2.05) is 19.9 Å². The fraction of sp³-hybridized carbons (Fsp3) is 0.250. The lowest BCUT2D eigenvalue weighted by atomic mass is 10.0. The van der Waals surface area contributed by atoms with Crippen molar-refractivity contribution < 1.29 is 14.4 Å². The first-order valence-electron chi connectivity index (χ1n) is 8.15. The van der Waals surface area contributed by atoms with Crippen LogP contribution in [0.5, 0.6) is 0 Å². The zero-order valence-corrected chi connectivity index (χ0v) is 14.9. The van der Waals surface area contributed by atoms with Gasteiger partial charge in [0.15, 0.2) is 5.78 Å². The number of Topliss-reactive ketones (excluding diaryl/α,β-unsaturated/α-hetero) is 1. The van der Waals surface area contributed by atoms with Crippen molar-refractivity contribution in [3.63, 3.8) is 0 Å². The number of nitrogens with one attached hydrogen (secondary N) is 2. The monoisotopic (exact) mass is 338 g/mol. The standard InChI is InChI=1S/C20H22N2O3/c1-5-19(24)21-16-9-7-13(3)18(11-16)22-20(25)15-8-6-12(2)17(10-15)14(4)23/h6-11H,5H2,1-4H3,(H,21,24)(H,22,25). The third kappa shape index (κ3) is 4.53. The Morgan fingerprint density at radius 2 is 1.60 bits per heavy atom. The van der Waals surface area contributed by atoms with E-state index in [2.05, 4.69) is 10.6 Å². The molecule has 0 saturated carbocycles. The number of carbonyl (C=O) groups is 3. The van der Waals surface area contributed by atoms with E-state index in [0.29, 0.717) is 28.9 Å². The predicted octanol–water partition coefficient (Wildman–Crippen LogP) is 4.11. The minimum absolute atomic E-state index is 0.0763. The molecule has 2 aromatic carbocycles. The van der Waals surface area contributed by atoms with E-state index < -0.39 is 0 Å². The molecule has 5 nitrogen and oxygen atoms in total. The predicted molar refractivity (Wildman–Crippen MR) is 99.2 cm³/mol. The lowest BCUT2D eigenvalue weighted by Crippen LogP contribution is -2.15. The van der Waals surface area contributed by atoms with Gasteiger partial charge >= 0.3 is 0 Å². The number of amides is 2. The lowest BCUT2D eigenvalue weighted by molar-refractivity contribution is -0.115. The molecule has 0 aliphatic rings. The molecule has 0 atom stereocenters. The molecule has 5 heteroatoms. The molecule has 2 amide bonds. The number of hydrogen-bond acceptors (Lipinski definition) is 3. The van der Waals surface area contributed by atoms with Crippen LogP contribution in [-0.4, -0.2) is 17.6 Å². The number of carbonyl (C=O) groups excluding carboxylic acids is 3. The van der Waals surface area contributed by atoms with Crippen LogP contribution in [0.2, 0.25) is 0 Å². The highest BCUT2D eigenvalue weighted by molar-refractivity contribution is 6.07. The van der Waals surface area contributed by atoms with Crippen LogP contribution in [0.15, 0.2) is 36.4 Å². The quantitative estimate of drug-likeness (QED) is 0.806. The molecule has 0 unspecified atom stereocenters. The average Bonchev–Trinajstić information content (AvgIpc) is 2.57. The second-order valence-corrected chi connectivity index (χ2v) is 5.97. The van der Waals surface area contributed by atoms with Gasteiger partial charge in [0.25, 0.3) is 5.91 Å². The van der Waals surface area contributed by atoms with Crippen molar-refractivity contribution >= 4 is 29.0 Å². The molecule has 0 aliphatic heterocycles. The summed E-state index contributed by atoms with van der Waals surface area (Å²) < 4.78 is 0. The van der Waals surface area contributed by atoms with E-state index in [4.69, 9.17) is 0 Å². The van der Waals surface area contributed by atoms with Crippen molar-refractivity contribution in [3.05, 3.63) is 58.7 Å². The van der Waals surface area contributed by atoms with Gasteiger partial charge < -0.3 is 10.6 Å². The van der Waals surface area contributed by atoms with Crippen LogP contribution >= 0.6 is 0 Å². The summed E-state index contributed by atoms with van der Waals surface area (Å²) >= 11 is 0. The van der Waals surface area contributed by atoms with Crippen molar-refractivity contribution in [1.82, 2.24) is 0 Å². The Morgan fingerprint density at radius 1 is 0.920 bits per heavy atom. The van der Waals surface area contributed by atoms with Gasteiger partial charge in [0.2, 0.25) is 5.91 Å². The van der Waals surface area contributed by atoms with Gasteiger partial charge in [-0.25, -0.2) is 0 Å². The van der Waals surface area contributed by atoms with Crippen LogP contribution in [0.3, 0.4) is 0 Å². The van der Waals surface area contributed by atoms with Crippen LogP contribution < -0.4 is 10.6 Å². The SMILES string of the molecule is CCC(=O)Nc1ccc(C)c(NC(=O)c2ccc(C)c(C(C)=O)c2)c1. The summed E-state index contributed by atoms with van der Waals surface area (Å²) in [5.41, 5.74) is 3.91.